The van der Waals surface area contributed by atoms with Gasteiger partial charge in [0, 0.05) is 34.9 Å². The third kappa shape index (κ3) is 5.90. The highest BCUT2D eigenvalue weighted by atomic mass is 32.2. The van der Waals surface area contributed by atoms with E-state index in [1.54, 1.807) is 0 Å². The molecule has 0 heterocycles. The van der Waals surface area contributed by atoms with E-state index in [-0.39, 0.29) is 12.1 Å². The largest absolute Gasteiger partial charge is 0.481 e. The second-order valence-electron chi connectivity index (χ2n) is 5.02. The minimum Gasteiger partial charge on any atom is -0.481 e. The van der Waals surface area contributed by atoms with Gasteiger partial charge in [-0.25, -0.2) is 4.79 Å². The monoisotopic (exact) mass is 304 g/mol. The molecule has 20 heavy (non-hydrogen) atoms. The zero-order chi connectivity index (χ0) is 15.0. The number of carboxylic acid groups (broad SMARTS) is 1. The van der Waals surface area contributed by atoms with Crippen molar-refractivity contribution in [3.8, 4) is 0 Å². The fraction of sp³-hybridized carbons (Fsp3) is 0.846. The molecule has 0 spiro atoms. The summed E-state index contributed by atoms with van der Waals surface area (Å²) in [6.45, 7) is 2.18. The molecule has 3 unspecified atom stereocenters. The molecule has 3 N–H and O–H groups in total. The molecular formula is C13H24N2O4S. The van der Waals surface area contributed by atoms with Crippen LogP contribution in [0.15, 0.2) is 0 Å². The maximum absolute atomic E-state index is 11.7. The Bertz CT molecular complexity index is 362. The third-order valence-electron chi connectivity index (χ3n) is 3.59. The van der Waals surface area contributed by atoms with Crippen LogP contribution in [0.4, 0.5) is 4.79 Å². The Hall–Kier alpha value is -1.11. The molecule has 1 aliphatic rings. The fourth-order valence-corrected chi connectivity index (χ4v) is 3.04. The van der Waals surface area contributed by atoms with Crippen molar-refractivity contribution >= 4 is 22.8 Å². The summed E-state index contributed by atoms with van der Waals surface area (Å²) in [5.41, 5.74) is 0. The maximum atomic E-state index is 11.7. The Labute approximate surface area is 122 Å². The number of carbonyl (C=O) groups is 2. The van der Waals surface area contributed by atoms with Crippen molar-refractivity contribution in [1.82, 2.24) is 10.6 Å². The minimum absolute atomic E-state index is 0.313. The van der Waals surface area contributed by atoms with Crippen LogP contribution in [0.1, 0.15) is 39.0 Å². The van der Waals surface area contributed by atoms with E-state index in [4.69, 9.17) is 0 Å². The first-order valence-electron chi connectivity index (χ1n) is 7.16. The molecule has 116 valence electrons. The highest BCUT2D eigenvalue weighted by Gasteiger charge is 2.30. The summed E-state index contributed by atoms with van der Waals surface area (Å²) in [7, 11) is -0.904. The van der Waals surface area contributed by atoms with Gasteiger partial charge in [-0.2, -0.15) is 0 Å². The van der Waals surface area contributed by atoms with Crippen molar-refractivity contribution in [1.29, 1.82) is 0 Å². The van der Waals surface area contributed by atoms with Gasteiger partial charge in [0.15, 0.2) is 0 Å². The van der Waals surface area contributed by atoms with Gasteiger partial charge in [0.05, 0.1) is 5.92 Å². The first-order chi connectivity index (χ1) is 9.54. The summed E-state index contributed by atoms with van der Waals surface area (Å²) in [5.74, 6) is -0.346. The number of nitrogens with one attached hydrogen (secondary N) is 2. The summed E-state index contributed by atoms with van der Waals surface area (Å²) >= 11 is 0. The van der Waals surface area contributed by atoms with Crippen LogP contribution in [0.5, 0.6) is 0 Å². The maximum Gasteiger partial charge on any atom is 0.315 e. The fourth-order valence-electron chi connectivity index (χ4n) is 2.42. The van der Waals surface area contributed by atoms with Gasteiger partial charge in [-0.1, -0.05) is 26.2 Å². The summed E-state index contributed by atoms with van der Waals surface area (Å²) in [6.07, 6.45) is 4.16. The summed E-state index contributed by atoms with van der Waals surface area (Å²) in [4.78, 5) is 23.0. The van der Waals surface area contributed by atoms with Crippen LogP contribution in [-0.2, 0) is 15.6 Å². The first kappa shape index (κ1) is 16.9. The van der Waals surface area contributed by atoms with Gasteiger partial charge in [-0.15, -0.1) is 0 Å². The lowest BCUT2D eigenvalue weighted by Crippen LogP contribution is -2.47. The lowest BCUT2D eigenvalue weighted by molar-refractivity contribution is -0.142. The zero-order valence-corrected chi connectivity index (χ0v) is 12.7. The van der Waals surface area contributed by atoms with E-state index in [0.29, 0.717) is 30.9 Å². The van der Waals surface area contributed by atoms with Crippen molar-refractivity contribution in [2.45, 2.75) is 45.1 Å². The molecule has 1 rings (SSSR count). The van der Waals surface area contributed by atoms with E-state index in [1.165, 1.54) is 0 Å². The molecule has 0 radical (unpaired) electrons. The first-order valence-corrected chi connectivity index (χ1v) is 8.65. The average Bonchev–Trinajstić information content (AvgIpc) is 2.63. The van der Waals surface area contributed by atoms with E-state index >= 15 is 0 Å². The van der Waals surface area contributed by atoms with Crippen molar-refractivity contribution < 1.29 is 18.9 Å². The molecule has 1 fully saturated rings. The number of rotatable bonds is 6. The van der Waals surface area contributed by atoms with E-state index in [1.807, 2.05) is 6.92 Å². The minimum atomic E-state index is -0.904. The van der Waals surface area contributed by atoms with Crippen molar-refractivity contribution in [3.05, 3.63) is 0 Å². The number of carboxylic acids is 1. The molecule has 6 nitrogen and oxygen atoms in total. The summed E-state index contributed by atoms with van der Waals surface area (Å²) < 4.78 is 11.2. The number of amides is 2. The van der Waals surface area contributed by atoms with Gasteiger partial charge >= 0.3 is 12.0 Å². The van der Waals surface area contributed by atoms with Gasteiger partial charge in [0.25, 0.3) is 0 Å². The van der Waals surface area contributed by atoms with Crippen LogP contribution in [0, 0.1) is 5.92 Å². The van der Waals surface area contributed by atoms with Crippen molar-refractivity contribution in [3.63, 3.8) is 0 Å². The molecule has 2 amide bonds. The van der Waals surface area contributed by atoms with Crippen LogP contribution in [0.3, 0.4) is 0 Å². The SMILES string of the molecule is CCS(=O)CCNC(=O)NC1CCCCCC1C(=O)O. The molecule has 1 aliphatic carbocycles. The van der Waals surface area contributed by atoms with E-state index in [9.17, 15) is 18.9 Å². The predicted molar refractivity (Wildman–Crippen MR) is 78.1 cm³/mol. The van der Waals surface area contributed by atoms with Crippen LogP contribution < -0.4 is 10.6 Å². The topological polar surface area (TPSA) is 95.5 Å². The molecule has 1 saturated carbocycles. The van der Waals surface area contributed by atoms with Crippen molar-refractivity contribution in [2.75, 3.05) is 18.1 Å². The van der Waals surface area contributed by atoms with Gasteiger partial charge in [0.1, 0.15) is 0 Å². The number of aliphatic carboxylic acids is 1. The second-order valence-corrected chi connectivity index (χ2v) is 6.89. The molecule has 0 saturated heterocycles. The van der Waals surface area contributed by atoms with E-state index in [2.05, 4.69) is 10.6 Å². The number of carbonyl (C=O) groups excluding carboxylic acids is 1. The predicted octanol–water partition coefficient (Wildman–Crippen LogP) is 1.09. The smallest absolute Gasteiger partial charge is 0.315 e. The molecule has 7 heteroatoms. The Morgan fingerprint density at radius 2 is 1.95 bits per heavy atom. The van der Waals surface area contributed by atoms with Gasteiger partial charge in [-0.3, -0.25) is 9.00 Å². The Morgan fingerprint density at radius 3 is 2.60 bits per heavy atom. The van der Waals surface area contributed by atoms with Crippen molar-refractivity contribution in [2.24, 2.45) is 5.92 Å². The molecule has 0 bridgehead atoms. The van der Waals surface area contributed by atoms with E-state index < -0.39 is 22.7 Å². The number of hydrogen-bond acceptors (Lipinski definition) is 3. The number of hydrogen-bond donors (Lipinski definition) is 3. The molecular weight excluding hydrogens is 280 g/mol. The molecule has 0 aromatic rings. The lowest BCUT2D eigenvalue weighted by atomic mass is 9.95. The Kier molecular flexibility index (Phi) is 7.58. The normalized spacial score (nSPS) is 24.4. The third-order valence-corrected chi connectivity index (χ3v) is 4.89. The highest BCUT2D eigenvalue weighted by Crippen LogP contribution is 2.23. The molecule has 0 aromatic carbocycles. The molecule has 0 aliphatic heterocycles. The van der Waals surface area contributed by atoms with Crippen LogP contribution in [0.25, 0.3) is 0 Å². The van der Waals surface area contributed by atoms with Gasteiger partial charge in [0.2, 0.25) is 0 Å². The summed E-state index contributed by atoms with van der Waals surface area (Å²) in [5, 5.41) is 14.6. The lowest BCUT2D eigenvalue weighted by Gasteiger charge is -2.23. The van der Waals surface area contributed by atoms with Crippen LogP contribution >= 0.6 is 0 Å². The Morgan fingerprint density at radius 1 is 1.25 bits per heavy atom. The number of urea groups is 1. The summed E-state index contributed by atoms with van der Waals surface area (Å²) in [6, 6.07) is -0.678. The average molecular weight is 304 g/mol. The van der Waals surface area contributed by atoms with Crippen LogP contribution in [0.2, 0.25) is 0 Å². The van der Waals surface area contributed by atoms with Crippen LogP contribution in [-0.4, -0.2) is 45.4 Å². The molecule has 3 atom stereocenters. The van der Waals surface area contributed by atoms with E-state index in [0.717, 1.165) is 19.3 Å². The Balaban J connectivity index is 2.41. The molecule has 0 aromatic heterocycles. The standard InChI is InChI=1S/C13H24N2O4S/c1-2-20(19)9-8-14-13(18)15-11-7-5-3-4-6-10(11)12(16)17/h10-11H,2-9H2,1H3,(H,16,17)(H2,14,15,18). The highest BCUT2D eigenvalue weighted by molar-refractivity contribution is 7.84. The zero-order valence-electron chi connectivity index (χ0n) is 11.9. The van der Waals surface area contributed by atoms with Gasteiger partial charge in [-0.05, 0) is 12.8 Å². The van der Waals surface area contributed by atoms with Gasteiger partial charge < -0.3 is 15.7 Å². The quantitative estimate of drug-likeness (QED) is 0.640. The second kappa shape index (κ2) is 8.94.